The Balaban J connectivity index is 1.58. The number of halogens is 1. The Morgan fingerprint density at radius 1 is 1.30 bits per heavy atom. The van der Waals surface area contributed by atoms with E-state index in [1.165, 1.54) is 11.8 Å². The number of hydrogen-bond donors (Lipinski definition) is 3. The van der Waals surface area contributed by atoms with E-state index in [1.54, 1.807) is 0 Å². The van der Waals surface area contributed by atoms with Crippen LogP contribution in [0.2, 0.25) is 5.02 Å². The summed E-state index contributed by atoms with van der Waals surface area (Å²) in [5, 5.41) is 10.3. The number of likely N-dealkylation sites (tertiary alicyclic amines) is 1. The third-order valence-electron chi connectivity index (χ3n) is 6.28. The maximum absolute atomic E-state index is 12.8. The van der Waals surface area contributed by atoms with Crippen LogP contribution in [0.5, 0.6) is 0 Å². The molecule has 3 aliphatic rings. The first-order chi connectivity index (χ1) is 14.4. The number of aliphatic imine (C=N–C) groups is 1. The Bertz CT molecular complexity index is 869. The van der Waals surface area contributed by atoms with Gasteiger partial charge in [0.2, 0.25) is 5.91 Å². The van der Waals surface area contributed by atoms with Crippen molar-refractivity contribution in [1.82, 2.24) is 15.8 Å². The molecule has 1 amide bonds. The van der Waals surface area contributed by atoms with Crippen LogP contribution < -0.4 is 15.8 Å². The second-order valence-electron chi connectivity index (χ2n) is 8.42. The lowest BCUT2D eigenvalue weighted by Crippen LogP contribution is -2.50. The molecule has 3 heterocycles. The van der Waals surface area contributed by atoms with Crippen molar-refractivity contribution in [2.45, 2.75) is 45.8 Å². The Labute approximate surface area is 187 Å². The van der Waals surface area contributed by atoms with E-state index in [4.69, 9.17) is 22.0 Å². The molecule has 9 heteroatoms. The third kappa shape index (κ3) is 4.10. The van der Waals surface area contributed by atoms with E-state index in [0.29, 0.717) is 27.7 Å². The van der Waals surface area contributed by atoms with E-state index in [1.807, 2.05) is 41.8 Å². The largest absolute Gasteiger partial charge is 0.342 e. The van der Waals surface area contributed by atoms with Crippen LogP contribution in [-0.2, 0) is 4.79 Å². The molecule has 3 atom stereocenters. The average molecular weight is 449 g/mol. The standard InChI is InChI=1S/C21H29ClN6OS/c1-12-7-9-27(10-8-12)17(29)11-30-21-24-20-18(14(3)25-26-20)19(23)28(21)16-6-4-5-15(22)13(16)2/h4-6,12,14,18,20,23,25-26H,7-11H2,1-3H3. The molecule has 4 rings (SSSR count). The summed E-state index contributed by atoms with van der Waals surface area (Å²) in [6, 6.07) is 5.78. The summed E-state index contributed by atoms with van der Waals surface area (Å²) in [7, 11) is 0. The molecule has 162 valence electrons. The van der Waals surface area contributed by atoms with Gasteiger partial charge in [0.05, 0.1) is 17.4 Å². The minimum atomic E-state index is -0.211. The lowest BCUT2D eigenvalue weighted by atomic mass is 9.96. The highest BCUT2D eigenvalue weighted by Crippen LogP contribution is 2.35. The SMILES string of the molecule is Cc1c(Cl)cccc1N1C(=N)C2C(C)NNC2N=C1SCC(=O)N1CCC(C)CC1. The second-order valence-corrected chi connectivity index (χ2v) is 9.77. The van der Waals surface area contributed by atoms with Gasteiger partial charge in [-0.3, -0.25) is 20.5 Å². The molecule has 0 radical (unpaired) electrons. The topological polar surface area (TPSA) is 83.8 Å². The quantitative estimate of drug-likeness (QED) is 0.661. The van der Waals surface area contributed by atoms with Crippen LogP contribution >= 0.6 is 23.4 Å². The van der Waals surface area contributed by atoms with Gasteiger partial charge in [0.15, 0.2) is 5.17 Å². The fourth-order valence-electron chi connectivity index (χ4n) is 4.25. The molecule has 1 aromatic rings. The minimum absolute atomic E-state index is 0.0803. The number of amidine groups is 2. The number of piperidine rings is 1. The van der Waals surface area contributed by atoms with Gasteiger partial charge in [0, 0.05) is 24.2 Å². The first kappa shape index (κ1) is 21.6. The summed E-state index contributed by atoms with van der Waals surface area (Å²) in [5.41, 5.74) is 8.12. The van der Waals surface area contributed by atoms with Gasteiger partial charge in [-0.1, -0.05) is 36.4 Å². The number of hydrazine groups is 1. The molecule has 2 saturated heterocycles. The van der Waals surface area contributed by atoms with E-state index in [0.717, 1.165) is 37.2 Å². The molecule has 1 aromatic carbocycles. The lowest BCUT2D eigenvalue weighted by molar-refractivity contribution is -0.129. The number of benzene rings is 1. The Hall–Kier alpha value is -1.61. The Morgan fingerprint density at radius 2 is 2.03 bits per heavy atom. The number of fused-ring (bicyclic) bond motifs is 1. The Morgan fingerprint density at radius 3 is 2.77 bits per heavy atom. The first-order valence-electron chi connectivity index (χ1n) is 10.5. The van der Waals surface area contributed by atoms with Gasteiger partial charge in [0.25, 0.3) is 0 Å². The van der Waals surface area contributed by atoms with Gasteiger partial charge in [-0.2, -0.15) is 0 Å². The van der Waals surface area contributed by atoms with Gasteiger partial charge in [-0.15, -0.1) is 0 Å². The predicted molar refractivity (Wildman–Crippen MR) is 124 cm³/mol. The molecule has 0 saturated carbocycles. The van der Waals surface area contributed by atoms with Crippen LogP contribution in [0.15, 0.2) is 23.2 Å². The molecule has 3 aliphatic heterocycles. The molecule has 7 nitrogen and oxygen atoms in total. The zero-order valence-corrected chi connectivity index (χ0v) is 19.2. The van der Waals surface area contributed by atoms with Crippen molar-refractivity contribution in [1.29, 1.82) is 5.41 Å². The van der Waals surface area contributed by atoms with Crippen LogP contribution in [-0.4, -0.2) is 52.9 Å². The second kappa shape index (κ2) is 8.86. The summed E-state index contributed by atoms with van der Waals surface area (Å²) < 4.78 is 0. The van der Waals surface area contributed by atoms with Gasteiger partial charge in [0.1, 0.15) is 12.0 Å². The molecule has 0 aliphatic carbocycles. The molecular formula is C21H29ClN6OS. The highest BCUT2D eigenvalue weighted by Gasteiger charge is 2.44. The number of nitrogens with zero attached hydrogens (tertiary/aromatic N) is 3. The number of anilines is 1. The number of hydrogen-bond acceptors (Lipinski definition) is 6. The van der Waals surface area contributed by atoms with Crippen molar-refractivity contribution < 1.29 is 4.79 Å². The Kier molecular flexibility index (Phi) is 6.39. The summed E-state index contributed by atoms with van der Waals surface area (Å²) in [6.45, 7) is 7.89. The zero-order chi connectivity index (χ0) is 21.4. The van der Waals surface area contributed by atoms with Crippen molar-refractivity contribution in [3.63, 3.8) is 0 Å². The highest BCUT2D eigenvalue weighted by molar-refractivity contribution is 8.14. The molecule has 0 spiro atoms. The van der Waals surface area contributed by atoms with Crippen LogP contribution in [0.4, 0.5) is 5.69 Å². The molecule has 0 aromatic heterocycles. The molecule has 2 fully saturated rings. The minimum Gasteiger partial charge on any atom is -0.342 e. The van der Waals surface area contributed by atoms with Crippen molar-refractivity contribution >= 4 is 46.0 Å². The summed E-state index contributed by atoms with van der Waals surface area (Å²) in [4.78, 5) is 21.5. The van der Waals surface area contributed by atoms with E-state index < -0.39 is 0 Å². The normalized spacial score (nSPS) is 27.3. The lowest BCUT2D eigenvalue weighted by Gasteiger charge is -2.37. The van der Waals surface area contributed by atoms with Crippen LogP contribution in [0.3, 0.4) is 0 Å². The smallest absolute Gasteiger partial charge is 0.233 e. The van der Waals surface area contributed by atoms with E-state index in [2.05, 4.69) is 17.8 Å². The number of rotatable bonds is 3. The monoisotopic (exact) mass is 448 g/mol. The van der Waals surface area contributed by atoms with Crippen molar-refractivity contribution in [2.24, 2.45) is 16.8 Å². The molecule has 3 unspecified atom stereocenters. The third-order valence-corrected chi connectivity index (χ3v) is 7.62. The molecule has 0 bridgehead atoms. The van der Waals surface area contributed by atoms with Gasteiger partial charge in [-0.05, 0) is 50.3 Å². The summed E-state index contributed by atoms with van der Waals surface area (Å²) in [5.74, 6) is 1.51. The van der Waals surface area contributed by atoms with Crippen LogP contribution in [0.1, 0.15) is 32.3 Å². The van der Waals surface area contributed by atoms with Crippen LogP contribution in [0, 0.1) is 24.2 Å². The average Bonchev–Trinajstić information content (AvgIpc) is 3.10. The van der Waals surface area contributed by atoms with Crippen molar-refractivity contribution in [2.75, 3.05) is 23.7 Å². The molecular weight excluding hydrogens is 420 g/mol. The van der Waals surface area contributed by atoms with E-state index in [-0.39, 0.29) is 24.0 Å². The fraction of sp³-hybridized carbons (Fsp3) is 0.571. The van der Waals surface area contributed by atoms with Gasteiger partial charge < -0.3 is 4.90 Å². The maximum Gasteiger partial charge on any atom is 0.233 e. The zero-order valence-electron chi connectivity index (χ0n) is 17.6. The van der Waals surface area contributed by atoms with Gasteiger partial charge in [-0.25, -0.2) is 10.4 Å². The molecule has 3 N–H and O–H groups in total. The van der Waals surface area contributed by atoms with Crippen molar-refractivity contribution in [3.8, 4) is 0 Å². The number of nitrogens with one attached hydrogen (secondary N) is 3. The highest BCUT2D eigenvalue weighted by atomic mass is 35.5. The first-order valence-corrected chi connectivity index (χ1v) is 11.9. The summed E-state index contributed by atoms with van der Waals surface area (Å²) >= 11 is 7.78. The number of carbonyl (C=O) groups is 1. The van der Waals surface area contributed by atoms with E-state index >= 15 is 0 Å². The number of carbonyl (C=O) groups excluding carboxylic acids is 1. The van der Waals surface area contributed by atoms with Crippen molar-refractivity contribution in [3.05, 3.63) is 28.8 Å². The summed E-state index contributed by atoms with van der Waals surface area (Å²) in [6.07, 6.45) is 1.91. The predicted octanol–water partition coefficient (Wildman–Crippen LogP) is 3.23. The maximum atomic E-state index is 12.8. The van der Waals surface area contributed by atoms with E-state index in [9.17, 15) is 4.79 Å². The van der Waals surface area contributed by atoms with Crippen LogP contribution in [0.25, 0.3) is 0 Å². The number of thioether (sulfide) groups is 1. The van der Waals surface area contributed by atoms with Gasteiger partial charge >= 0.3 is 0 Å². The fourth-order valence-corrected chi connectivity index (χ4v) is 5.36. The molecule has 30 heavy (non-hydrogen) atoms. The number of amides is 1.